The van der Waals surface area contributed by atoms with Gasteiger partial charge in [0, 0.05) is 13.0 Å². The lowest BCUT2D eigenvalue weighted by Gasteiger charge is -2.08. The second kappa shape index (κ2) is 24.5. The van der Waals surface area contributed by atoms with Crippen LogP contribution in [0, 0.1) is 0 Å². The van der Waals surface area contributed by atoms with Crippen LogP contribution in [0.1, 0.15) is 31.2 Å². The highest BCUT2D eigenvalue weighted by molar-refractivity contribution is 5.66. The molecule has 9 heteroatoms. The Kier molecular flexibility index (Phi) is 22.0. The van der Waals surface area contributed by atoms with Crippen LogP contribution in [0.5, 0.6) is 0 Å². The third-order valence-electron chi connectivity index (χ3n) is 4.52. The molecule has 0 heterocycles. The fourth-order valence-electron chi connectivity index (χ4n) is 2.74. The number of ether oxygens (including phenoxy) is 7. The van der Waals surface area contributed by atoms with E-state index in [2.05, 4.69) is 0 Å². The Bertz CT molecular complexity index is 557. The molecule has 0 aromatic heterocycles. The Hall–Kier alpha value is -1.59. The smallest absolute Gasteiger partial charge is 0.303 e. The number of carboxylic acids is 1. The summed E-state index contributed by atoms with van der Waals surface area (Å²) in [5.41, 5.74) is 1.16. The molecule has 1 N–H and O–H groups in total. The average Bonchev–Trinajstić information content (AvgIpc) is 2.84. The predicted octanol–water partition coefficient (Wildman–Crippen LogP) is 2.95. The summed E-state index contributed by atoms with van der Waals surface area (Å²) in [6, 6.07) is 10.1. The van der Waals surface area contributed by atoms with Gasteiger partial charge in [0.1, 0.15) is 0 Å². The van der Waals surface area contributed by atoms with E-state index >= 15 is 0 Å². The normalized spacial score (nSPS) is 11.2. The van der Waals surface area contributed by atoms with Crippen LogP contribution in [0.2, 0.25) is 0 Å². The molecule has 0 bridgehead atoms. The summed E-state index contributed by atoms with van der Waals surface area (Å²) in [5, 5.41) is 8.54. The van der Waals surface area contributed by atoms with Crippen molar-refractivity contribution >= 4 is 5.97 Å². The van der Waals surface area contributed by atoms with Crippen LogP contribution >= 0.6 is 0 Å². The second-order valence-corrected chi connectivity index (χ2v) is 7.42. The van der Waals surface area contributed by atoms with E-state index in [1.165, 1.54) is 0 Å². The quantitative estimate of drug-likeness (QED) is 0.198. The first-order valence-electron chi connectivity index (χ1n) is 12.1. The molecule has 0 saturated carbocycles. The fourth-order valence-corrected chi connectivity index (χ4v) is 2.74. The van der Waals surface area contributed by atoms with E-state index in [-0.39, 0.29) is 6.42 Å². The zero-order valence-electron chi connectivity index (χ0n) is 20.3. The Morgan fingerprint density at radius 3 is 1.38 bits per heavy atom. The largest absolute Gasteiger partial charge is 0.481 e. The summed E-state index contributed by atoms with van der Waals surface area (Å²) in [4.78, 5) is 10.4. The molecule has 34 heavy (non-hydrogen) atoms. The predicted molar refractivity (Wildman–Crippen MR) is 127 cm³/mol. The van der Waals surface area contributed by atoms with Crippen molar-refractivity contribution in [2.75, 3.05) is 85.9 Å². The standard InChI is InChI=1S/C25H42O9/c26-25(27)9-5-2-6-10-28-11-12-29-13-14-30-15-16-31-17-18-32-19-20-33-21-22-34-23-24-7-3-1-4-8-24/h1,3-4,7-8H,2,5-6,9-23H2,(H,26,27). The first-order valence-corrected chi connectivity index (χ1v) is 12.1. The van der Waals surface area contributed by atoms with Crippen molar-refractivity contribution in [3.05, 3.63) is 35.9 Å². The van der Waals surface area contributed by atoms with E-state index in [9.17, 15) is 4.79 Å². The third kappa shape index (κ3) is 22.2. The van der Waals surface area contributed by atoms with Crippen molar-refractivity contribution in [2.24, 2.45) is 0 Å². The molecule has 196 valence electrons. The maximum absolute atomic E-state index is 10.4. The number of hydrogen-bond donors (Lipinski definition) is 1. The number of hydrogen-bond acceptors (Lipinski definition) is 8. The molecule has 0 radical (unpaired) electrons. The highest BCUT2D eigenvalue weighted by atomic mass is 16.6. The molecule has 0 amide bonds. The first-order chi connectivity index (χ1) is 16.8. The number of unbranched alkanes of at least 4 members (excludes halogenated alkanes) is 2. The van der Waals surface area contributed by atoms with Crippen molar-refractivity contribution in [1.29, 1.82) is 0 Å². The molecule has 0 atom stereocenters. The maximum atomic E-state index is 10.4. The monoisotopic (exact) mass is 486 g/mol. The molecule has 0 spiro atoms. The number of carboxylic acid groups (broad SMARTS) is 1. The number of benzene rings is 1. The van der Waals surface area contributed by atoms with Gasteiger partial charge in [-0.3, -0.25) is 4.79 Å². The average molecular weight is 487 g/mol. The Morgan fingerprint density at radius 2 is 0.941 bits per heavy atom. The lowest BCUT2D eigenvalue weighted by atomic mass is 10.2. The van der Waals surface area contributed by atoms with Gasteiger partial charge >= 0.3 is 5.97 Å². The Balaban J connectivity index is 1.64. The summed E-state index contributed by atoms with van der Waals surface area (Å²) in [5.74, 6) is -0.744. The minimum absolute atomic E-state index is 0.227. The lowest BCUT2D eigenvalue weighted by Crippen LogP contribution is -2.14. The van der Waals surface area contributed by atoms with Gasteiger partial charge in [0.25, 0.3) is 0 Å². The van der Waals surface area contributed by atoms with Gasteiger partial charge in [0.2, 0.25) is 0 Å². The number of carbonyl (C=O) groups is 1. The van der Waals surface area contributed by atoms with E-state index in [0.717, 1.165) is 18.4 Å². The van der Waals surface area contributed by atoms with Crippen LogP contribution in [0.3, 0.4) is 0 Å². The molecule has 1 aromatic carbocycles. The molecule has 1 aromatic rings. The summed E-state index contributed by atoms with van der Waals surface area (Å²) in [7, 11) is 0. The Labute approximate surface area is 203 Å². The second-order valence-electron chi connectivity index (χ2n) is 7.42. The molecule has 1 rings (SSSR count). The van der Waals surface area contributed by atoms with Gasteiger partial charge < -0.3 is 38.3 Å². The van der Waals surface area contributed by atoms with Crippen molar-refractivity contribution in [3.63, 3.8) is 0 Å². The van der Waals surface area contributed by atoms with E-state index in [1.54, 1.807) is 0 Å². The van der Waals surface area contributed by atoms with Crippen molar-refractivity contribution in [3.8, 4) is 0 Å². The van der Waals surface area contributed by atoms with Gasteiger partial charge in [-0.2, -0.15) is 0 Å². The van der Waals surface area contributed by atoms with Gasteiger partial charge in [0.15, 0.2) is 0 Å². The van der Waals surface area contributed by atoms with Crippen LogP contribution in [-0.2, 0) is 44.6 Å². The van der Waals surface area contributed by atoms with Gasteiger partial charge in [-0.15, -0.1) is 0 Å². The zero-order chi connectivity index (χ0) is 24.4. The molecule has 0 aliphatic carbocycles. The van der Waals surface area contributed by atoms with Gasteiger partial charge in [-0.1, -0.05) is 36.8 Å². The molecule has 0 unspecified atom stereocenters. The summed E-state index contributed by atoms with van der Waals surface area (Å²) >= 11 is 0. The van der Waals surface area contributed by atoms with Crippen LogP contribution in [0.15, 0.2) is 30.3 Å². The summed E-state index contributed by atoms with van der Waals surface area (Å²) < 4.78 is 38.2. The molecule has 0 aliphatic rings. The van der Waals surface area contributed by atoms with Crippen molar-refractivity contribution in [2.45, 2.75) is 32.3 Å². The molecular formula is C25H42O9. The van der Waals surface area contributed by atoms with Crippen LogP contribution in [-0.4, -0.2) is 97.0 Å². The molecular weight excluding hydrogens is 444 g/mol. The van der Waals surface area contributed by atoms with Crippen LogP contribution < -0.4 is 0 Å². The van der Waals surface area contributed by atoms with Crippen molar-refractivity contribution < 1.29 is 43.1 Å². The highest BCUT2D eigenvalue weighted by Gasteiger charge is 1.97. The minimum atomic E-state index is -0.744. The summed E-state index contributed by atoms with van der Waals surface area (Å²) in [6.07, 6.45) is 2.67. The molecule has 9 nitrogen and oxygen atoms in total. The highest BCUT2D eigenvalue weighted by Crippen LogP contribution is 2.00. The number of aliphatic carboxylic acids is 1. The zero-order valence-corrected chi connectivity index (χ0v) is 20.3. The van der Waals surface area contributed by atoms with E-state index in [0.29, 0.717) is 98.9 Å². The van der Waals surface area contributed by atoms with E-state index < -0.39 is 5.97 Å². The van der Waals surface area contributed by atoms with Gasteiger partial charge in [-0.25, -0.2) is 0 Å². The molecule has 0 fully saturated rings. The van der Waals surface area contributed by atoms with Crippen LogP contribution in [0.4, 0.5) is 0 Å². The van der Waals surface area contributed by atoms with Crippen molar-refractivity contribution in [1.82, 2.24) is 0 Å². The fraction of sp³-hybridized carbons (Fsp3) is 0.720. The molecule has 0 saturated heterocycles. The van der Waals surface area contributed by atoms with Gasteiger partial charge in [-0.05, 0) is 18.4 Å². The van der Waals surface area contributed by atoms with Crippen LogP contribution in [0.25, 0.3) is 0 Å². The SMILES string of the molecule is O=C(O)CCCCCOCCOCCOCCOCCOCCOCCOCc1ccccc1. The maximum Gasteiger partial charge on any atom is 0.303 e. The lowest BCUT2D eigenvalue weighted by molar-refractivity contribution is -0.137. The topological polar surface area (TPSA) is 102 Å². The molecule has 0 aliphatic heterocycles. The third-order valence-corrected chi connectivity index (χ3v) is 4.52. The Morgan fingerprint density at radius 1 is 0.529 bits per heavy atom. The number of rotatable bonds is 26. The van der Waals surface area contributed by atoms with Gasteiger partial charge in [0.05, 0.1) is 85.9 Å². The van der Waals surface area contributed by atoms with E-state index in [1.807, 2.05) is 30.3 Å². The first kappa shape index (κ1) is 30.4. The minimum Gasteiger partial charge on any atom is -0.481 e. The summed E-state index contributed by atoms with van der Waals surface area (Å²) in [6.45, 7) is 7.60. The van der Waals surface area contributed by atoms with E-state index in [4.69, 9.17) is 38.3 Å².